The summed E-state index contributed by atoms with van der Waals surface area (Å²) in [6.45, 7) is 7.39. The Morgan fingerprint density at radius 2 is 2.00 bits per heavy atom. The van der Waals surface area contributed by atoms with Gasteiger partial charge in [-0.1, -0.05) is 43.7 Å². The molecule has 0 aliphatic carbocycles. The number of aromatic nitrogens is 2. The molecule has 0 saturated carbocycles. The number of carbonyl (C=O) groups excluding carboxylic acids is 1. The summed E-state index contributed by atoms with van der Waals surface area (Å²) in [6, 6.07) is 8.39. The Morgan fingerprint density at radius 1 is 1.29 bits per heavy atom. The Bertz CT molecular complexity index is 651. The first-order valence-corrected chi connectivity index (χ1v) is 9.07. The van der Waals surface area contributed by atoms with Gasteiger partial charge in [0, 0.05) is 31.5 Å². The summed E-state index contributed by atoms with van der Waals surface area (Å²) in [5.74, 6) is 1.41. The molecule has 2 aromatic rings. The van der Waals surface area contributed by atoms with Crippen LogP contribution in [-0.4, -0.2) is 35.4 Å². The van der Waals surface area contributed by atoms with Gasteiger partial charge >= 0.3 is 0 Å². The first kappa shape index (κ1) is 18.4. The number of nitrogens with zero attached hydrogens (tertiary/aromatic N) is 3. The number of hydrogen-bond donors (Lipinski definition) is 1. The zero-order valence-electron chi connectivity index (χ0n) is 14.9. The van der Waals surface area contributed by atoms with Crippen LogP contribution in [0.1, 0.15) is 37.2 Å². The Kier molecular flexibility index (Phi) is 6.73. The van der Waals surface area contributed by atoms with E-state index >= 15 is 0 Å². The largest absolute Gasteiger partial charge is 0.355 e. The number of aryl methyl sites for hydroxylation is 1. The summed E-state index contributed by atoms with van der Waals surface area (Å²) in [5, 5.41) is 3.72. The SMILES string of the molecule is Cc1ccc(Cc2nsc(N(C)CC(=O)NCCC(C)C)n2)cc1. The molecule has 0 aliphatic rings. The number of benzene rings is 1. The van der Waals surface area contributed by atoms with Gasteiger partial charge in [-0.2, -0.15) is 4.37 Å². The third kappa shape index (κ3) is 5.92. The van der Waals surface area contributed by atoms with Gasteiger partial charge in [0.15, 0.2) is 0 Å². The fraction of sp³-hybridized carbons (Fsp3) is 0.500. The number of rotatable bonds is 8. The summed E-state index contributed by atoms with van der Waals surface area (Å²) < 4.78 is 4.40. The molecule has 6 heteroatoms. The molecule has 0 radical (unpaired) electrons. The smallest absolute Gasteiger partial charge is 0.239 e. The molecule has 0 spiro atoms. The van der Waals surface area contributed by atoms with Crippen molar-refractivity contribution in [3.05, 3.63) is 41.2 Å². The van der Waals surface area contributed by atoms with E-state index in [2.05, 4.69) is 59.7 Å². The van der Waals surface area contributed by atoms with Crippen molar-refractivity contribution in [1.82, 2.24) is 14.7 Å². The number of amides is 1. The van der Waals surface area contributed by atoms with Gasteiger partial charge in [-0.25, -0.2) is 4.98 Å². The molecule has 1 heterocycles. The lowest BCUT2D eigenvalue weighted by atomic mass is 10.1. The Labute approximate surface area is 148 Å². The van der Waals surface area contributed by atoms with Crippen molar-refractivity contribution in [3.63, 3.8) is 0 Å². The zero-order valence-corrected chi connectivity index (χ0v) is 15.7. The summed E-state index contributed by atoms with van der Waals surface area (Å²) >= 11 is 1.34. The van der Waals surface area contributed by atoms with Crippen molar-refractivity contribution in [3.8, 4) is 0 Å². The Morgan fingerprint density at radius 3 is 2.67 bits per heavy atom. The number of likely N-dealkylation sites (N-methyl/N-ethyl adjacent to an activating group) is 1. The van der Waals surface area contributed by atoms with Gasteiger partial charge in [-0.15, -0.1) is 0 Å². The predicted molar refractivity (Wildman–Crippen MR) is 99.6 cm³/mol. The van der Waals surface area contributed by atoms with E-state index < -0.39 is 0 Å². The third-order valence-corrected chi connectivity index (χ3v) is 4.56. The standard InChI is InChI=1S/C18H26N4OS/c1-13(2)9-10-19-17(23)12-22(4)18-20-16(21-24-18)11-15-7-5-14(3)6-8-15/h5-8,13H,9-12H2,1-4H3,(H,19,23). The van der Waals surface area contributed by atoms with Crippen molar-refractivity contribution < 1.29 is 4.79 Å². The van der Waals surface area contributed by atoms with Crippen LogP contribution in [0, 0.1) is 12.8 Å². The van der Waals surface area contributed by atoms with Crippen LogP contribution >= 0.6 is 11.5 Å². The number of anilines is 1. The quantitative estimate of drug-likeness (QED) is 0.798. The maximum absolute atomic E-state index is 11.9. The highest BCUT2D eigenvalue weighted by atomic mass is 32.1. The second kappa shape index (κ2) is 8.78. The normalized spacial score (nSPS) is 10.9. The molecular formula is C18H26N4OS. The van der Waals surface area contributed by atoms with Gasteiger partial charge in [0.2, 0.25) is 11.0 Å². The minimum Gasteiger partial charge on any atom is -0.355 e. The van der Waals surface area contributed by atoms with E-state index in [0.717, 1.165) is 23.9 Å². The van der Waals surface area contributed by atoms with Crippen molar-refractivity contribution >= 4 is 22.6 Å². The van der Waals surface area contributed by atoms with E-state index in [9.17, 15) is 4.79 Å². The van der Waals surface area contributed by atoms with Crippen LogP contribution in [-0.2, 0) is 11.2 Å². The Balaban J connectivity index is 1.85. The second-order valence-electron chi connectivity index (χ2n) is 6.54. The maximum atomic E-state index is 11.9. The summed E-state index contributed by atoms with van der Waals surface area (Å²) in [5.41, 5.74) is 2.44. The highest BCUT2D eigenvalue weighted by Gasteiger charge is 2.12. The molecule has 1 aromatic heterocycles. The van der Waals surface area contributed by atoms with Crippen LogP contribution in [0.3, 0.4) is 0 Å². The maximum Gasteiger partial charge on any atom is 0.239 e. The van der Waals surface area contributed by atoms with Crippen LogP contribution in [0.5, 0.6) is 0 Å². The fourth-order valence-corrected chi connectivity index (χ4v) is 2.84. The lowest BCUT2D eigenvalue weighted by Gasteiger charge is -2.15. The van der Waals surface area contributed by atoms with Gasteiger partial charge < -0.3 is 10.2 Å². The van der Waals surface area contributed by atoms with Gasteiger partial charge in [-0.05, 0) is 24.8 Å². The van der Waals surface area contributed by atoms with E-state index in [1.54, 1.807) is 0 Å². The average molecular weight is 347 g/mol. The van der Waals surface area contributed by atoms with Crippen LogP contribution in [0.4, 0.5) is 5.13 Å². The van der Waals surface area contributed by atoms with Crippen molar-refractivity contribution in [2.45, 2.75) is 33.6 Å². The van der Waals surface area contributed by atoms with E-state index in [4.69, 9.17) is 0 Å². The topological polar surface area (TPSA) is 58.1 Å². The van der Waals surface area contributed by atoms with E-state index in [0.29, 0.717) is 18.9 Å². The van der Waals surface area contributed by atoms with Crippen LogP contribution in [0.2, 0.25) is 0 Å². The van der Waals surface area contributed by atoms with E-state index in [1.807, 2.05) is 11.9 Å². The summed E-state index contributed by atoms with van der Waals surface area (Å²) in [6.07, 6.45) is 1.71. The van der Waals surface area contributed by atoms with Crippen LogP contribution in [0.25, 0.3) is 0 Å². The Hall–Kier alpha value is -1.95. The lowest BCUT2D eigenvalue weighted by Crippen LogP contribution is -2.35. The molecule has 1 amide bonds. The van der Waals surface area contributed by atoms with Crippen molar-refractivity contribution in [2.24, 2.45) is 5.92 Å². The first-order chi connectivity index (χ1) is 11.4. The molecule has 0 unspecified atom stereocenters. The fourth-order valence-electron chi connectivity index (χ4n) is 2.20. The van der Waals surface area contributed by atoms with Crippen LogP contribution < -0.4 is 10.2 Å². The zero-order chi connectivity index (χ0) is 17.5. The molecule has 0 saturated heterocycles. The van der Waals surface area contributed by atoms with Crippen molar-refractivity contribution in [1.29, 1.82) is 0 Å². The molecule has 130 valence electrons. The molecule has 0 aliphatic heterocycles. The minimum atomic E-state index is 0.0217. The van der Waals surface area contributed by atoms with Crippen molar-refractivity contribution in [2.75, 3.05) is 25.0 Å². The third-order valence-electron chi connectivity index (χ3n) is 3.69. The molecular weight excluding hydrogens is 320 g/mol. The second-order valence-corrected chi connectivity index (χ2v) is 7.27. The van der Waals surface area contributed by atoms with Gasteiger partial charge in [0.05, 0.1) is 6.54 Å². The van der Waals surface area contributed by atoms with E-state index in [1.165, 1.54) is 22.7 Å². The molecule has 2 rings (SSSR count). The highest BCUT2D eigenvalue weighted by molar-refractivity contribution is 7.09. The first-order valence-electron chi connectivity index (χ1n) is 8.30. The molecule has 1 aromatic carbocycles. The molecule has 0 fully saturated rings. The van der Waals surface area contributed by atoms with Gasteiger partial charge in [0.25, 0.3) is 0 Å². The molecule has 1 N–H and O–H groups in total. The highest BCUT2D eigenvalue weighted by Crippen LogP contribution is 2.17. The average Bonchev–Trinajstić information content (AvgIpc) is 2.98. The molecule has 0 bridgehead atoms. The molecule has 5 nitrogen and oxygen atoms in total. The summed E-state index contributed by atoms with van der Waals surface area (Å²) in [4.78, 5) is 18.3. The van der Waals surface area contributed by atoms with Gasteiger partial charge in [0.1, 0.15) is 5.82 Å². The van der Waals surface area contributed by atoms with E-state index in [-0.39, 0.29) is 5.91 Å². The molecule has 24 heavy (non-hydrogen) atoms. The minimum absolute atomic E-state index is 0.0217. The number of carbonyl (C=O) groups is 1. The number of nitrogens with one attached hydrogen (secondary N) is 1. The molecule has 0 atom stereocenters. The monoisotopic (exact) mass is 346 g/mol. The lowest BCUT2D eigenvalue weighted by molar-refractivity contribution is -0.119. The predicted octanol–water partition coefficient (Wildman–Crippen LogP) is 3.04. The summed E-state index contributed by atoms with van der Waals surface area (Å²) in [7, 11) is 1.87. The van der Waals surface area contributed by atoms with Gasteiger partial charge in [-0.3, -0.25) is 4.79 Å². The number of hydrogen-bond acceptors (Lipinski definition) is 5. The van der Waals surface area contributed by atoms with Crippen LogP contribution in [0.15, 0.2) is 24.3 Å².